The van der Waals surface area contributed by atoms with Crippen LogP contribution in [0.2, 0.25) is 0 Å². The van der Waals surface area contributed by atoms with Crippen molar-refractivity contribution in [2.45, 2.75) is 70.4 Å². The fourth-order valence-corrected chi connectivity index (χ4v) is 3.33. The number of hydrogen-bond donors (Lipinski definition) is 1. The third-order valence-electron chi connectivity index (χ3n) is 4.80. The van der Waals surface area contributed by atoms with E-state index in [1.54, 1.807) is 12.1 Å². The number of anilines is 1. The molecule has 0 spiro atoms. The molecule has 0 aromatic heterocycles. The zero-order valence-electron chi connectivity index (χ0n) is 13.4. The van der Waals surface area contributed by atoms with Crippen LogP contribution in [0.1, 0.15) is 57.4 Å². The van der Waals surface area contributed by atoms with Crippen molar-refractivity contribution < 1.29 is 4.39 Å². The molecule has 0 saturated heterocycles. The van der Waals surface area contributed by atoms with Gasteiger partial charge in [0.25, 0.3) is 0 Å². The summed E-state index contributed by atoms with van der Waals surface area (Å²) in [5, 5.41) is 0. The van der Waals surface area contributed by atoms with Gasteiger partial charge in [-0.15, -0.1) is 0 Å². The Balaban J connectivity index is 2.20. The van der Waals surface area contributed by atoms with Gasteiger partial charge in [-0.3, -0.25) is 0 Å². The standard InChI is InChI=1S/C18H29FN2/c1-3-16(20)13-14-12-15(19)10-11-18(14)21(2)17-8-6-4-5-7-9-17/h10-12,16-17H,3-9,13,20H2,1-2H3. The minimum Gasteiger partial charge on any atom is -0.371 e. The Morgan fingerprint density at radius 3 is 2.52 bits per heavy atom. The average Bonchev–Trinajstić information content (AvgIpc) is 2.75. The molecular weight excluding hydrogens is 263 g/mol. The van der Waals surface area contributed by atoms with Gasteiger partial charge >= 0.3 is 0 Å². The van der Waals surface area contributed by atoms with Crippen LogP contribution >= 0.6 is 0 Å². The highest BCUT2D eigenvalue weighted by molar-refractivity contribution is 5.54. The molecule has 1 atom stereocenters. The van der Waals surface area contributed by atoms with E-state index in [0.29, 0.717) is 6.04 Å². The highest BCUT2D eigenvalue weighted by Gasteiger charge is 2.20. The van der Waals surface area contributed by atoms with Crippen molar-refractivity contribution in [1.82, 2.24) is 0 Å². The van der Waals surface area contributed by atoms with E-state index in [-0.39, 0.29) is 11.9 Å². The first kappa shape index (κ1) is 16.3. The second-order valence-electron chi connectivity index (χ2n) is 6.40. The maximum absolute atomic E-state index is 13.6. The first-order valence-electron chi connectivity index (χ1n) is 8.38. The fourth-order valence-electron chi connectivity index (χ4n) is 3.33. The van der Waals surface area contributed by atoms with Gasteiger partial charge in [0, 0.05) is 24.8 Å². The van der Waals surface area contributed by atoms with E-state index in [4.69, 9.17) is 5.73 Å². The molecule has 1 fully saturated rings. The minimum atomic E-state index is -0.161. The van der Waals surface area contributed by atoms with Gasteiger partial charge in [0.1, 0.15) is 5.82 Å². The van der Waals surface area contributed by atoms with Crippen molar-refractivity contribution in [3.05, 3.63) is 29.6 Å². The van der Waals surface area contributed by atoms with E-state index in [1.165, 1.54) is 38.5 Å². The number of hydrogen-bond acceptors (Lipinski definition) is 2. The van der Waals surface area contributed by atoms with Crippen LogP contribution in [0.4, 0.5) is 10.1 Å². The summed E-state index contributed by atoms with van der Waals surface area (Å²) in [6.07, 6.45) is 9.46. The van der Waals surface area contributed by atoms with Crippen molar-refractivity contribution in [1.29, 1.82) is 0 Å². The molecule has 2 nitrogen and oxygen atoms in total. The molecule has 3 heteroatoms. The van der Waals surface area contributed by atoms with E-state index in [1.807, 2.05) is 6.07 Å². The predicted octanol–water partition coefficient (Wildman–Crippen LogP) is 4.26. The second kappa shape index (κ2) is 7.79. The van der Waals surface area contributed by atoms with Gasteiger partial charge in [-0.1, -0.05) is 32.6 Å². The molecule has 0 aliphatic heterocycles. The maximum Gasteiger partial charge on any atom is 0.123 e. The Bertz CT molecular complexity index is 439. The van der Waals surface area contributed by atoms with Gasteiger partial charge in [-0.05, 0) is 49.4 Å². The van der Waals surface area contributed by atoms with Crippen LogP contribution in [-0.4, -0.2) is 19.1 Å². The number of rotatable bonds is 5. The minimum absolute atomic E-state index is 0.105. The largest absolute Gasteiger partial charge is 0.371 e. The topological polar surface area (TPSA) is 29.3 Å². The second-order valence-corrected chi connectivity index (χ2v) is 6.40. The van der Waals surface area contributed by atoms with Crippen molar-refractivity contribution in [3.8, 4) is 0 Å². The Hall–Kier alpha value is -1.09. The Morgan fingerprint density at radius 1 is 1.24 bits per heavy atom. The van der Waals surface area contributed by atoms with E-state index in [0.717, 1.165) is 24.1 Å². The lowest BCUT2D eigenvalue weighted by Crippen LogP contribution is -2.32. The van der Waals surface area contributed by atoms with Crippen LogP contribution in [0, 0.1) is 5.82 Å². The lowest BCUT2D eigenvalue weighted by atomic mass is 10.00. The lowest BCUT2D eigenvalue weighted by molar-refractivity contribution is 0.548. The molecule has 2 N–H and O–H groups in total. The summed E-state index contributed by atoms with van der Waals surface area (Å²) in [7, 11) is 2.16. The Kier molecular flexibility index (Phi) is 6.04. The molecule has 21 heavy (non-hydrogen) atoms. The summed E-state index contributed by atoms with van der Waals surface area (Å²) in [5.74, 6) is -0.161. The molecule has 1 aliphatic carbocycles. The average molecular weight is 292 g/mol. The highest BCUT2D eigenvalue weighted by Crippen LogP contribution is 2.29. The van der Waals surface area contributed by atoms with Gasteiger partial charge in [0.05, 0.1) is 0 Å². The molecule has 1 aromatic rings. The number of halogens is 1. The van der Waals surface area contributed by atoms with Crippen molar-refractivity contribution in [3.63, 3.8) is 0 Å². The van der Waals surface area contributed by atoms with Crippen LogP contribution in [-0.2, 0) is 6.42 Å². The highest BCUT2D eigenvalue weighted by atomic mass is 19.1. The van der Waals surface area contributed by atoms with Gasteiger partial charge in [-0.25, -0.2) is 4.39 Å². The Morgan fingerprint density at radius 2 is 1.90 bits per heavy atom. The molecule has 1 saturated carbocycles. The third-order valence-corrected chi connectivity index (χ3v) is 4.80. The fraction of sp³-hybridized carbons (Fsp3) is 0.667. The normalized spacial score (nSPS) is 18.3. The zero-order chi connectivity index (χ0) is 15.2. The van der Waals surface area contributed by atoms with E-state index in [9.17, 15) is 4.39 Å². The number of nitrogens with two attached hydrogens (primary N) is 1. The van der Waals surface area contributed by atoms with Crippen molar-refractivity contribution in [2.75, 3.05) is 11.9 Å². The van der Waals surface area contributed by atoms with Crippen molar-refractivity contribution in [2.24, 2.45) is 5.73 Å². The summed E-state index contributed by atoms with van der Waals surface area (Å²) in [5.41, 5.74) is 8.30. The molecule has 0 heterocycles. The lowest BCUT2D eigenvalue weighted by Gasteiger charge is -2.31. The molecule has 118 valence electrons. The quantitative estimate of drug-likeness (QED) is 0.821. The number of benzene rings is 1. The monoisotopic (exact) mass is 292 g/mol. The van der Waals surface area contributed by atoms with Crippen LogP contribution in [0.3, 0.4) is 0 Å². The van der Waals surface area contributed by atoms with E-state index < -0.39 is 0 Å². The SMILES string of the molecule is CCC(N)Cc1cc(F)ccc1N(C)C1CCCCCC1. The summed E-state index contributed by atoms with van der Waals surface area (Å²) < 4.78 is 13.6. The first-order chi connectivity index (χ1) is 10.1. The van der Waals surface area contributed by atoms with Gasteiger partial charge in [-0.2, -0.15) is 0 Å². The predicted molar refractivity (Wildman–Crippen MR) is 88.3 cm³/mol. The van der Waals surface area contributed by atoms with Gasteiger partial charge in [0.15, 0.2) is 0 Å². The summed E-state index contributed by atoms with van der Waals surface area (Å²) in [4.78, 5) is 2.36. The van der Waals surface area contributed by atoms with Crippen LogP contribution in [0.5, 0.6) is 0 Å². The Labute approximate surface area is 128 Å². The smallest absolute Gasteiger partial charge is 0.123 e. The molecule has 0 radical (unpaired) electrons. The van der Waals surface area contributed by atoms with Gasteiger partial charge in [0.2, 0.25) is 0 Å². The summed E-state index contributed by atoms with van der Waals surface area (Å²) >= 11 is 0. The molecule has 1 unspecified atom stereocenters. The molecule has 0 bridgehead atoms. The van der Waals surface area contributed by atoms with Crippen LogP contribution < -0.4 is 10.6 Å². The van der Waals surface area contributed by atoms with Gasteiger partial charge < -0.3 is 10.6 Å². The number of nitrogens with zero attached hydrogens (tertiary/aromatic N) is 1. The molecule has 2 rings (SSSR count). The zero-order valence-corrected chi connectivity index (χ0v) is 13.4. The molecule has 0 amide bonds. The first-order valence-corrected chi connectivity index (χ1v) is 8.38. The van der Waals surface area contributed by atoms with Crippen LogP contribution in [0.15, 0.2) is 18.2 Å². The molecule has 1 aliphatic rings. The van der Waals surface area contributed by atoms with E-state index in [2.05, 4.69) is 18.9 Å². The maximum atomic E-state index is 13.6. The van der Waals surface area contributed by atoms with E-state index >= 15 is 0 Å². The molecular formula is C18H29FN2. The summed E-state index contributed by atoms with van der Waals surface area (Å²) in [6, 6.07) is 5.85. The summed E-state index contributed by atoms with van der Waals surface area (Å²) in [6.45, 7) is 2.08. The third kappa shape index (κ3) is 4.44. The molecule has 1 aromatic carbocycles. The van der Waals surface area contributed by atoms with Crippen molar-refractivity contribution >= 4 is 5.69 Å². The van der Waals surface area contributed by atoms with Crippen LogP contribution in [0.25, 0.3) is 0 Å².